The lowest BCUT2D eigenvalue weighted by Gasteiger charge is -2.35. The van der Waals surface area contributed by atoms with Gasteiger partial charge in [0.1, 0.15) is 0 Å². The molecule has 1 fully saturated rings. The summed E-state index contributed by atoms with van der Waals surface area (Å²) in [4.78, 5) is 12.1. The van der Waals surface area contributed by atoms with E-state index in [1.54, 1.807) is 0 Å². The summed E-state index contributed by atoms with van der Waals surface area (Å²) in [7, 11) is 0. The summed E-state index contributed by atoms with van der Waals surface area (Å²) in [5.74, 6) is 0.579. The minimum atomic E-state index is -0.636. The Hall–Kier alpha value is -0.610. The summed E-state index contributed by atoms with van der Waals surface area (Å²) in [6.45, 7) is 3.14. The molecular weight excluding hydrogens is 228 g/mol. The fourth-order valence-corrected chi connectivity index (χ4v) is 2.77. The molecule has 0 aliphatic heterocycles. The minimum Gasteiger partial charge on any atom is -0.396 e. The van der Waals surface area contributed by atoms with Gasteiger partial charge in [-0.2, -0.15) is 0 Å². The Morgan fingerprint density at radius 2 is 2.11 bits per heavy atom. The van der Waals surface area contributed by atoms with E-state index in [1.165, 1.54) is 6.42 Å². The van der Waals surface area contributed by atoms with Crippen LogP contribution < -0.4 is 11.1 Å². The summed E-state index contributed by atoms with van der Waals surface area (Å²) in [5, 5.41) is 11.6. The second-order valence-electron chi connectivity index (χ2n) is 5.75. The lowest BCUT2D eigenvalue weighted by atomic mass is 9.76. The van der Waals surface area contributed by atoms with Crippen LogP contribution in [0.5, 0.6) is 0 Å². The van der Waals surface area contributed by atoms with Crippen LogP contribution in [-0.4, -0.2) is 29.7 Å². The highest BCUT2D eigenvalue weighted by Crippen LogP contribution is 2.30. The Morgan fingerprint density at radius 1 is 1.39 bits per heavy atom. The molecule has 0 heterocycles. The number of nitrogens with two attached hydrogens (primary N) is 1. The van der Waals surface area contributed by atoms with Gasteiger partial charge in [0.05, 0.1) is 5.54 Å². The van der Waals surface area contributed by atoms with Crippen molar-refractivity contribution in [2.75, 3.05) is 13.2 Å². The number of carbonyl (C=O) groups excluding carboxylic acids is 1. The summed E-state index contributed by atoms with van der Waals surface area (Å²) in [5.41, 5.74) is 5.57. The first-order valence-electron chi connectivity index (χ1n) is 7.26. The summed E-state index contributed by atoms with van der Waals surface area (Å²) >= 11 is 0. The number of aliphatic hydroxyl groups is 1. The average Bonchev–Trinajstić information content (AvgIpc) is 2.33. The first-order chi connectivity index (χ1) is 8.58. The molecule has 1 aliphatic carbocycles. The molecule has 2 unspecified atom stereocenters. The number of unbranched alkanes of at least 4 members (excludes halogenated alkanes) is 3. The van der Waals surface area contributed by atoms with E-state index < -0.39 is 5.54 Å². The molecule has 0 aromatic rings. The Bertz CT molecular complexity index is 258. The van der Waals surface area contributed by atoms with Gasteiger partial charge in [-0.1, -0.05) is 32.6 Å². The van der Waals surface area contributed by atoms with Crippen molar-refractivity contribution in [3.63, 3.8) is 0 Å². The molecule has 4 N–H and O–H groups in total. The van der Waals surface area contributed by atoms with Crippen LogP contribution in [-0.2, 0) is 4.79 Å². The molecule has 0 bridgehead atoms. The maximum Gasteiger partial charge on any atom is 0.240 e. The molecule has 1 rings (SSSR count). The Labute approximate surface area is 110 Å². The van der Waals surface area contributed by atoms with Gasteiger partial charge >= 0.3 is 0 Å². The molecule has 0 spiro atoms. The van der Waals surface area contributed by atoms with E-state index in [4.69, 9.17) is 10.8 Å². The molecule has 0 radical (unpaired) electrons. The van der Waals surface area contributed by atoms with E-state index >= 15 is 0 Å². The van der Waals surface area contributed by atoms with Crippen molar-refractivity contribution < 1.29 is 9.90 Å². The average molecular weight is 256 g/mol. The standard InChI is InChI=1S/C14H28N2O2/c1-12-7-6-8-14(15,11-12)13(18)16-9-4-2-3-5-10-17/h12,17H,2-11,15H2,1H3,(H,16,18). The second kappa shape index (κ2) is 7.74. The maximum absolute atomic E-state index is 12.1. The van der Waals surface area contributed by atoms with Gasteiger partial charge in [0.2, 0.25) is 5.91 Å². The largest absolute Gasteiger partial charge is 0.396 e. The van der Waals surface area contributed by atoms with E-state index in [1.807, 2.05) is 0 Å². The third-order valence-corrected chi connectivity index (χ3v) is 3.86. The van der Waals surface area contributed by atoms with Crippen molar-refractivity contribution in [1.82, 2.24) is 5.32 Å². The van der Waals surface area contributed by atoms with Gasteiger partial charge < -0.3 is 16.2 Å². The molecule has 2 atom stereocenters. The highest BCUT2D eigenvalue weighted by Gasteiger charge is 2.37. The molecule has 0 aromatic heterocycles. The summed E-state index contributed by atoms with van der Waals surface area (Å²) in [6, 6.07) is 0. The van der Waals surface area contributed by atoms with Crippen molar-refractivity contribution in [1.29, 1.82) is 0 Å². The zero-order valence-electron chi connectivity index (χ0n) is 11.6. The fraction of sp³-hybridized carbons (Fsp3) is 0.929. The molecule has 1 saturated carbocycles. The first kappa shape index (κ1) is 15.4. The van der Waals surface area contributed by atoms with Crippen LogP contribution in [0.15, 0.2) is 0 Å². The van der Waals surface area contributed by atoms with Gasteiger partial charge in [-0.25, -0.2) is 0 Å². The van der Waals surface area contributed by atoms with E-state index in [-0.39, 0.29) is 12.5 Å². The normalized spacial score (nSPS) is 28.1. The highest BCUT2D eigenvalue weighted by molar-refractivity contribution is 5.86. The van der Waals surface area contributed by atoms with Crippen molar-refractivity contribution in [2.45, 2.75) is 63.8 Å². The van der Waals surface area contributed by atoms with E-state index in [0.717, 1.165) is 44.9 Å². The van der Waals surface area contributed by atoms with Gasteiger partial charge in [-0.15, -0.1) is 0 Å². The number of amides is 1. The SMILES string of the molecule is CC1CCCC(N)(C(=O)NCCCCCCO)C1. The molecular formula is C14H28N2O2. The number of nitrogens with one attached hydrogen (secondary N) is 1. The minimum absolute atomic E-state index is 0.0243. The fourth-order valence-electron chi connectivity index (χ4n) is 2.77. The lowest BCUT2D eigenvalue weighted by Crippen LogP contribution is -2.56. The quantitative estimate of drug-likeness (QED) is 0.605. The smallest absolute Gasteiger partial charge is 0.240 e. The molecule has 18 heavy (non-hydrogen) atoms. The molecule has 0 aromatic carbocycles. The van der Waals surface area contributed by atoms with Gasteiger partial charge in [-0.3, -0.25) is 4.79 Å². The van der Waals surface area contributed by atoms with Gasteiger partial charge in [0.25, 0.3) is 0 Å². The topological polar surface area (TPSA) is 75.4 Å². The maximum atomic E-state index is 12.1. The van der Waals surface area contributed by atoms with Crippen LogP contribution in [0.25, 0.3) is 0 Å². The van der Waals surface area contributed by atoms with Crippen molar-refractivity contribution in [3.8, 4) is 0 Å². The zero-order chi connectivity index (χ0) is 13.4. The van der Waals surface area contributed by atoms with Gasteiger partial charge in [0.15, 0.2) is 0 Å². The van der Waals surface area contributed by atoms with Crippen LogP contribution in [0.4, 0.5) is 0 Å². The highest BCUT2D eigenvalue weighted by atomic mass is 16.2. The van der Waals surface area contributed by atoms with Crippen molar-refractivity contribution in [3.05, 3.63) is 0 Å². The lowest BCUT2D eigenvalue weighted by molar-refractivity contribution is -0.128. The molecule has 4 heteroatoms. The van der Waals surface area contributed by atoms with Crippen LogP contribution in [0.2, 0.25) is 0 Å². The Morgan fingerprint density at radius 3 is 2.78 bits per heavy atom. The van der Waals surface area contributed by atoms with Crippen molar-refractivity contribution >= 4 is 5.91 Å². The van der Waals surface area contributed by atoms with Crippen molar-refractivity contribution in [2.24, 2.45) is 11.7 Å². The predicted octanol–water partition coefficient (Wildman–Crippen LogP) is 1.56. The van der Waals surface area contributed by atoms with E-state index in [0.29, 0.717) is 12.5 Å². The van der Waals surface area contributed by atoms with Crippen LogP contribution in [0, 0.1) is 5.92 Å². The molecule has 4 nitrogen and oxygen atoms in total. The van der Waals surface area contributed by atoms with Crippen LogP contribution >= 0.6 is 0 Å². The van der Waals surface area contributed by atoms with E-state index in [9.17, 15) is 4.79 Å². The second-order valence-corrected chi connectivity index (χ2v) is 5.75. The third-order valence-electron chi connectivity index (χ3n) is 3.86. The number of hydrogen-bond acceptors (Lipinski definition) is 3. The molecule has 1 aliphatic rings. The predicted molar refractivity (Wildman–Crippen MR) is 73.1 cm³/mol. The Kier molecular flexibility index (Phi) is 6.65. The molecule has 0 saturated heterocycles. The molecule has 106 valence electrons. The summed E-state index contributed by atoms with van der Waals surface area (Å²) < 4.78 is 0. The Balaban J connectivity index is 2.19. The van der Waals surface area contributed by atoms with E-state index in [2.05, 4.69) is 12.2 Å². The monoisotopic (exact) mass is 256 g/mol. The molecule has 1 amide bonds. The van der Waals surface area contributed by atoms with Crippen LogP contribution in [0.3, 0.4) is 0 Å². The number of rotatable bonds is 7. The third kappa shape index (κ3) is 4.94. The van der Waals surface area contributed by atoms with Crippen LogP contribution in [0.1, 0.15) is 58.3 Å². The van der Waals surface area contributed by atoms with Gasteiger partial charge in [-0.05, 0) is 31.6 Å². The number of aliphatic hydroxyl groups excluding tert-OH is 1. The number of carbonyl (C=O) groups is 1. The first-order valence-corrected chi connectivity index (χ1v) is 7.26. The number of hydrogen-bond donors (Lipinski definition) is 3. The zero-order valence-corrected chi connectivity index (χ0v) is 11.6. The van der Waals surface area contributed by atoms with Gasteiger partial charge in [0, 0.05) is 13.2 Å². The summed E-state index contributed by atoms with van der Waals surface area (Å²) in [6.07, 6.45) is 7.77.